The molecule has 1 saturated heterocycles. The molecule has 1 N–H and O–H groups in total. The number of esters is 1. The SMILES string of the molecule is CSc1ccccc1NC(=O)COC(=O)[C@@H]1CCCN1C(=O)c1cccs1. The summed E-state index contributed by atoms with van der Waals surface area (Å²) in [7, 11) is 0. The molecular formula is C19H20N2O4S2. The molecule has 2 aromatic rings. The first kappa shape index (κ1) is 19.4. The van der Waals surface area contributed by atoms with Crippen LogP contribution in [0.1, 0.15) is 22.5 Å². The van der Waals surface area contributed by atoms with Crippen molar-refractivity contribution < 1.29 is 19.1 Å². The monoisotopic (exact) mass is 404 g/mol. The Morgan fingerprint density at radius 2 is 2.07 bits per heavy atom. The highest BCUT2D eigenvalue weighted by atomic mass is 32.2. The molecule has 0 bridgehead atoms. The van der Waals surface area contributed by atoms with E-state index in [1.807, 2.05) is 29.8 Å². The first-order valence-electron chi connectivity index (χ1n) is 8.54. The highest BCUT2D eigenvalue weighted by Gasteiger charge is 2.36. The van der Waals surface area contributed by atoms with Crippen LogP contribution in [0.4, 0.5) is 5.69 Å². The molecule has 0 unspecified atom stereocenters. The van der Waals surface area contributed by atoms with Gasteiger partial charge in [0.05, 0.1) is 10.6 Å². The number of rotatable bonds is 6. The molecule has 1 fully saturated rings. The van der Waals surface area contributed by atoms with Gasteiger partial charge in [-0.2, -0.15) is 0 Å². The van der Waals surface area contributed by atoms with Crippen molar-refractivity contribution in [3.63, 3.8) is 0 Å². The molecule has 0 aliphatic carbocycles. The number of hydrogen-bond donors (Lipinski definition) is 1. The van der Waals surface area contributed by atoms with Crippen LogP contribution < -0.4 is 5.32 Å². The fourth-order valence-corrected chi connectivity index (χ4v) is 4.20. The number of carbonyl (C=O) groups is 3. The molecule has 6 nitrogen and oxygen atoms in total. The van der Waals surface area contributed by atoms with E-state index in [9.17, 15) is 14.4 Å². The highest BCUT2D eigenvalue weighted by Crippen LogP contribution is 2.25. The molecule has 0 radical (unpaired) electrons. The Bertz CT molecular complexity index is 823. The van der Waals surface area contributed by atoms with Crippen LogP contribution >= 0.6 is 23.1 Å². The topological polar surface area (TPSA) is 75.7 Å². The molecule has 1 aliphatic heterocycles. The van der Waals surface area contributed by atoms with Crippen molar-refractivity contribution in [1.29, 1.82) is 0 Å². The van der Waals surface area contributed by atoms with E-state index in [1.165, 1.54) is 28.0 Å². The summed E-state index contributed by atoms with van der Waals surface area (Å²) < 4.78 is 5.18. The number of nitrogens with zero attached hydrogens (tertiary/aromatic N) is 1. The quantitative estimate of drug-likeness (QED) is 0.591. The lowest BCUT2D eigenvalue weighted by atomic mass is 10.2. The normalized spacial score (nSPS) is 16.2. The van der Waals surface area contributed by atoms with Gasteiger partial charge in [0.1, 0.15) is 6.04 Å². The molecule has 2 amide bonds. The fourth-order valence-electron chi connectivity index (χ4n) is 2.96. The summed E-state index contributed by atoms with van der Waals surface area (Å²) in [6, 6.07) is 10.3. The van der Waals surface area contributed by atoms with E-state index >= 15 is 0 Å². The molecule has 1 atom stereocenters. The van der Waals surface area contributed by atoms with Crippen molar-refractivity contribution in [3.8, 4) is 0 Å². The van der Waals surface area contributed by atoms with Crippen LogP contribution in [0.2, 0.25) is 0 Å². The summed E-state index contributed by atoms with van der Waals surface area (Å²) in [5, 5.41) is 4.57. The third kappa shape index (κ3) is 4.70. The van der Waals surface area contributed by atoms with E-state index in [1.54, 1.807) is 18.2 Å². The molecule has 0 spiro atoms. The standard InChI is InChI=1S/C19H20N2O4S2/c1-26-15-8-3-2-6-13(15)20-17(22)12-25-19(24)14-7-4-10-21(14)18(23)16-9-5-11-27-16/h2-3,5-6,8-9,11,14H,4,7,10,12H2,1H3,(H,20,22)/t14-/m0/s1. The summed E-state index contributed by atoms with van der Waals surface area (Å²) in [4.78, 5) is 40.1. The van der Waals surface area contributed by atoms with Gasteiger partial charge in [0.2, 0.25) is 0 Å². The molecule has 1 aliphatic rings. The second kappa shape index (κ2) is 9.05. The van der Waals surface area contributed by atoms with Crippen LogP contribution in [-0.4, -0.2) is 48.1 Å². The van der Waals surface area contributed by atoms with Gasteiger partial charge < -0.3 is 15.0 Å². The number of amides is 2. The van der Waals surface area contributed by atoms with Crippen molar-refractivity contribution in [2.45, 2.75) is 23.8 Å². The minimum absolute atomic E-state index is 0.164. The maximum Gasteiger partial charge on any atom is 0.329 e. The van der Waals surface area contributed by atoms with Gasteiger partial charge in [-0.3, -0.25) is 9.59 Å². The smallest absolute Gasteiger partial charge is 0.329 e. The van der Waals surface area contributed by atoms with E-state index in [2.05, 4.69) is 5.32 Å². The third-order valence-electron chi connectivity index (χ3n) is 4.24. The first-order chi connectivity index (χ1) is 13.1. The average molecular weight is 405 g/mol. The second-order valence-electron chi connectivity index (χ2n) is 5.99. The van der Waals surface area contributed by atoms with E-state index in [4.69, 9.17) is 4.74 Å². The minimum atomic E-state index is -0.633. The van der Waals surface area contributed by atoms with Crippen LogP contribution in [0.5, 0.6) is 0 Å². The van der Waals surface area contributed by atoms with Crippen LogP contribution in [-0.2, 0) is 14.3 Å². The highest BCUT2D eigenvalue weighted by molar-refractivity contribution is 7.98. The Labute approximate surface area is 165 Å². The number of carbonyl (C=O) groups excluding carboxylic acids is 3. The number of anilines is 1. The van der Waals surface area contributed by atoms with Crippen molar-refractivity contribution in [1.82, 2.24) is 4.90 Å². The molecule has 8 heteroatoms. The van der Waals surface area contributed by atoms with Gasteiger partial charge in [-0.1, -0.05) is 18.2 Å². The number of hydrogen-bond acceptors (Lipinski definition) is 6. The summed E-state index contributed by atoms with van der Waals surface area (Å²) >= 11 is 2.86. The van der Waals surface area contributed by atoms with E-state index in [0.717, 1.165) is 11.3 Å². The number of thiophene rings is 1. The Kier molecular flexibility index (Phi) is 6.52. The number of likely N-dealkylation sites (tertiary alicyclic amines) is 1. The summed E-state index contributed by atoms with van der Waals surface area (Å²) in [6.45, 7) is 0.142. The van der Waals surface area contributed by atoms with Gasteiger partial charge in [-0.25, -0.2) is 4.79 Å². The Hall–Kier alpha value is -2.32. The van der Waals surface area contributed by atoms with Gasteiger partial charge in [-0.05, 0) is 42.7 Å². The lowest BCUT2D eigenvalue weighted by Crippen LogP contribution is -2.41. The van der Waals surface area contributed by atoms with Crippen LogP contribution in [0.3, 0.4) is 0 Å². The fraction of sp³-hybridized carbons (Fsp3) is 0.316. The van der Waals surface area contributed by atoms with Crippen molar-refractivity contribution >= 4 is 46.6 Å². The third-order valence-corrected chi connectivity index (χ3v) is 5.90. The minimum Gasteiger partial charge on any atom is -0.454 e. The molecule has 27 heavy (non-hydrogen) atoms. The largest absolute Gasteiger partial charge is 0.454 e. The molecule has 1 aromatic heterocycles. The molecular weight excluding hydrogens is 384 g/mol. The first-order valence-corrected chi connectivity index (χ1v) is 10.6. The van der Waals surface area contributed by atoms with Gasteiger partial charge in [0.25, 0.3) is 11.8 Å². The zero-order valence-electron chi connectivity index (χ0n) is 14.8. The number of thioether (sulfide) groups is 1. The van der Waals surface area contributed by atoms with E-state index < -0.39 is 17.9 Å². The molecule has 2 heterocycles. The molecule has 142 valence electrons. The van der Waals surface area contributed by atoms with Crippen LogP contribution in [0, 0.1) is 0 Å². The van der Waals surface area contributed by atoms with Gasteiger partial charge >= 0.3 is 5.97 Å². The van der Waals surface area contributed by atoms with E-state index in [-0.39, 0.29) is 12.5 Å². The maximum atomic E-state index is 12.5. The maximum absolute atomic E-state index is 12.5. The lowest BCUT2D eigenvalue weighted by molar-refractivity contribution is -0.151. The predicted molar refractivity (Wildman–Crippen MR) is 106 cm³/mol. The number of benzene rings is 1. The number of ether oxygens (including phenoxy) is 1. The average Bonchev–Trinajstić information content (AvgIpc) is 3.38. The predicted octanol–water partition coefficient (Wildman–Crippen LogP) is 3.26. The van der Waals surface area contributed by atoms with Crippen molar-refractivity contribution in [2.75, 3.05) is 24.7 Å². The van der Waals surface area contributed by atoms with Gasteiger partial charge in [0.15, 0.2) is 6.61 Å². The molecule has 3 rings (SSSR count). The van der Waals surface area contributed by atoms with Crippen molar-refractivity contribution in [2.24, 2.45) is 0 Å². The number of para-hydroxylation sites is 1. The van der Waals surface area contributed by atoms with Gasteiger partial charge in [0, 0.05) is 11.4 Å². The Morgan fingerprint density at radius 3 is 2.81 bits per heavy atom. The number of nitrogens with one attached hydrogen (secondary N) is 1. The van der Waals surface area contributed by atoms with Crippen LogP contribution in [0.15, 0.2) is 46.7 Å². The zero-order chi connectivity index (χ0) is 19.2. The Morgan fingerprint density at radius 1 is 1.26 bits per heavy atom. The summed E-state index contributed by atoms with van der Waals surface area (Å²) in [6.07, 6.45) is 3.21. The summed E-state index contributed by atoms with van der Waals surface area (Å²) in [5.74, 6) is -1.10. The van der Waals surface area contributed by atoms with Gasteiger partial charge in [-0.15, -0.1) is 23.1 Å². The van der Waals surface area contributed by atoms with E-state index in [0.29, 0.717) is 23.5 Å². The second-order valence-corrected chi connectivity index (χ2v) is 7.79. The lowest BCUT2D eigenvalue weighted by Gasteiger charge is -2.22. The zero-order valence-corrected chi connectivity index (χ0v) is 16.5. The summed E-state index contributed by atoms with van der Waals surface area (Å²) in [5.41, 5.74) is 0.682. The molecule has 0 saturated carbocycles. The van der Waals surface area contributed by atoms with Crippen LogP contribution in [0.25, 0.3) is 0 Å². The molecule has 1 aromatic carbocycles. The Balaban J connectivity index is 1.55. The van der Waals surface area contributed by atoms with Crippen molar-refractivity contribution in [3.05, 3.63) is 46.7 Å².